The molecule has 0 aromatic carbocycles. The minimum Gasteiger partial charge on any atom is -0.369 e. The number of pyridine rings is 1. The topological polar surface area (TPSA) is 62.3 Å². The Balaban J connectivity index is 2.37. The molecule has 0 spiro atoms. The van der Waals surface area contributed by atoms with Crippen LogP contribution in [0.15, 0.2) is 21.6 Å². The fourth-order valence-electron chi connectivity index (χ4n) is 2.50. The lowest BCUT2D eigenvalue weighted by atomic mass is 9.90. The van der Waals surface area contributed by atoms with E-state index < -0.39 is 10.0 Å². The second-order valence-corrected chi connectivity index (χ2v) is 8.46. The third-order valence-corrected chi connectivity index (χ3v) is 6.39. The van der Waals surface area contributed by atoms with Gasteiger partial charge in [-0.15, -0.1) is 0 Å². The molecule has 0 amide bonds. The van der Waals surface area contributed by atoms with Gasteiger partial charge in [0.1, 0.15) is 10.7 Å². The van der Waals surface area contributed by atoms with Crippen LogP contribution in [0.5, 0.6) is 0 Å². The smallest absolute Gasteiger partial charge is 0.246 e. The summed E-state index contributed by atoms with van der Waals surface area (Å²) in [5.41, 5.74) is 0. The van der Waals surface area contributed by atoms with Gasteiger partial charge in [0.15, 0.2) is 0 Å². The number of sulfonamides is 1. The SMILES string of the molecule is CCNc1ncc(Br)cc1S(=O)(=O)N1CCC(C)C(C)C1. The lowest BCUT2D eigenvalue weighted by Crippen LogP contribution is -2.42. The predicted molar refractivity (Wildman–Crippen MR) is 87.8 cm³/mol. The first-order chi connectivity index (χ1) is 9.86. The van der Waals surface area contributed by atoms with Crippen molar-refractivity contribution in [2.24, 2.45) is 11.8 Å². The van der Waals surface area contributed by atoms with Gasteiger partial charge in [0.2, 0.25) is 10.0 Å². The van der Waals surface area contributed by atoms with Crippen molar-refractivity contribution in [1.29, 1.82) is 0 Å². The van der Waals surface area contributed by atoms with Crippen LogP contribution in [0.2, 0.25) is 0 Å². The van der Waals surface area contributed by atoms with Gasteiger partial charge in [0, 0.05) is 30.3 Å². The maximum Gasteiger partial charge on any atom is 0.246 e. The van der Waals surface area contributed by atoms with Gasteiger partial charge in [-0.3, -0.25) is 0 Å². The van der Waals surface area contributed by atoms with E-state index in [9.17, 15) is 8.42 Å². The monoisotopic (exact) mass is 375 g/mol. The van der Waals surface area contributed by atoms with Crippen molar-refractivity contribution in [2.75, 3.05) is 25.0 Å². The lowest BCUT2D eigenvalue weighted by molar-refractivity contribution is 0.212. The van der Waals surface area contributed by atoms with Gasteiger partial charge in [0.25, 0.3) is 0 Å². The number of piperidine rings is 1. The Kier molecular flexibility index (Phi) is 5.27. The summed E-state index contributed by atoms with van der Waals surface area (Å²) in [5.74, 6) is 1.36. The minimum atomic E-state index is -3.52. The molecule has 0 saturated carbocycles. The molecule has 0 aliphatic carbocycles. The molecule has 1 N–H and O–H groups in total. The van der Waals surface area contributed by atoms with Crippen molar-refractivity contribution < 1.29 is 8.42 Å². The Hall–Kier alpha value is -0.660. The summed E-state index contributed by atoms with van der Waals surface area (Å²) in [7, 11) is -3.52. The van der Waals surface area contributed by atoms with Gasteiger partial charge < -0.3 is 5.32 Å². The van der Waals surface area contributed by atoms with Crippen LogP contribution in [0.4, 0.5) is 5.82 Å². The molecule has 7 heteroatoms. The first kappa shape index (κ1) is 16.7. The van der Waals surface area contributed by atoms with Crippen LogP contribution in [0, 0.1) is 11.8 Å². The van der Waals surface area contributed by atoms with E-state index in [4.69, 9.17) is 0 Å². The lowest BCUT2D eigenvalue weighted by Gasteiger charge is -2.34. The fourth-order valence-corrected chi connectivity index (χ4v) is 4.68. The van der Waals surface area contributed by atoms with Gasteiger partial charge in [-0.05, 0) is 47.2 Å². The summed E-state index contributed by atoms with van der Waals surface area (Å²) in [5, 5.41) is 3.03. The summed E-state index contributed by atoms with van der Waals surface area (Å²) >= 11 is 3.31. The van der Waals surface area contributed by atoms with E-state index in [0.717, 1.165) is 6.42 Å². The predicted octanol–water partition coefficient (Wildman–Crippen LogP) is 2.94. The zero-order valence-corrected chi connectivity index (χ0v) is 15.0. The molecule has 0 radical (unpaired) electrons. The zero-order valence-electron chi connectivity index (χ0n) is 12.6. The molecule has 1 aromatic heterocycles. The largest absolute Gasteiger partial charge is 0.369 e. The van der Waals surface area contributed by atoms with Crippen LogP contribution in [-0.4, -0.2) is 37.3 Å². The average Bonchev–Trinajstić information content (AvgIpc) is 2.44. The van der Waals surface area contributed by atoms with Crippen molar-refractivity contribution in [1.82, 2.24) is 9.29 Å². The van der Waals surface area contributed by atoms with E-state index in [0.29, 0.717) is 41.8 Å². The van der Waals surface area contributed by atoms with Crippen molar-refractivity contribution >= 4 is 31.8 Å². The molecular weight excluding hydrogens is 354 g/mol. The first-order valence-corrected chi connectivity index (χ1v) is 9.49. The summed E-state index contributed by atoms with van der Waals surface area (Å²) in [4.78, 5) is 4.45. The number of nitrogens with zero attached hydrogens (tertiary/aromatic N) is 2. The molecule has 1 aromatic rings. The Morgan fingerprint density at radius 1 is 1.43 bits per heavy atom. The van der Waals surface area contributed by atoms with Crippen LogP contribution < -0.4 is 5.32 Å². The molecular formula is C14H22BrN3O2S. The number of nitrogens with one attached hydrogen (secondary N) is 1. The average molecular weight is 376 g/mol. The molecule has 1 saturated heterocycles. The third kappa shape index (κ3) is 3.57. The highest BCUT2D eigenvalue weighted by molar-refractivity contribution is 9.10. The Morgan fingerprint density at radius 2 is 2.14 bits per heavy atom. The molecule has 5 nitrogen and oxygen atoms in total. The van der Waals surface area contributed by atoms with E-state index in [1.807, 2.05) is 6.92 Å². The van der Waals surface area contributed by atoms with Gasteiger partial charge in [0.05, 0.1) is 0 Å². The van der Waals surface area contributed by atoms with Crippen molar-refractivity contribution in [3.05, 3.63) is 16.7 Å². The molecule has 1 aliphatic heterocycles. The van der Waals surface area contributed by atoms with Gasteiger partial charge in [-0.1, -0.05) is 13.8 Å². The van der Waals surface area contributed by atoms with E-state index >= 15 is 0 Å². The molecule has 1 fully saturated rings. The van der Waals surface area contributed by atoms with Crippen molar-refractivity contribution in [3.8, 4) is 0 Å². The van der Waals surface area contributed by atoms with Crippen LogP contribution >= 0.6 is 15.9 Å². The van der Waals surface area contributed by atoms with Crippen LogP contribution in [0.1, 0.15) is 27.2 Å². The van der Waals surface area contributed by atoms with Crippen molar-refractivity contribution in [2.45, 2.75) is 32.1 Å². The van der Waals surface area contributed by atoms with Crippen LogP contribution in [0.3, 0.4) is 0 Å². The Bertz CT molecular complexity index is 606. The zero-order chi connectivity index (χ0) is 15.6. The number of hydrogen-bond donors (Lipinski definition) is 1. The van der Waals surface area contributed by atoms with E-state index in [2.05, 4.69) is 40.1 Å². The second-order valence-electron chi connectivity index (χ2n) is 5.64. The second kappa shape index (κ2) is 6.62. The standard InChI is InChI=1S/C14H22BrN3O2S/c1-4-16-14-13(7-12(15)8-17-14)21(19,20)18-6-5-10(2)11(3)9-18/h7-8,10-11H,4-6,9H2,1-3H3,(H,16,17). The fraction of sp³-hybridized carbons (Fsp3) is 0.643. The Morgan fingerprint density at radius 3 is 2.76 bits per heavy atom. The highest BCUT2D eigenvalue weighted by atomic mass is 79.9. The van der Waals surface area contributed by atoms with Crippen LogP contribution in [0.25, 0.3) is 0 Å². The number of aromatic nitrogens is 1. The van der Waals surface area contributed by atoms with Gasteiger partial charge in [-0.25, -0.2) is 13.4 Å². The van der Waals surface area contributed by atoms with Gasteiger partial charge >= 0.3 is 0 Å². The molecule has 1 aliphatic rings. The highest BCUT2D eigenvalue weighted by Gasteiger charge is 2.33. The maximum absolute atomic E-state index is 12.9. The molecule has 0 bridgehead atoms. The van der Waals surface area contributed by atoms with Gasteiger partial charge in [-0.2, -0.15) is 4.31 Å². The summed E-state index contributed by atoms with van der Waals surface area (Å²) in [6, 6.07) is 1.63. The molecule has 21 heavy (non-hydrogen) atoms. The van der Waals surface area contributed by atoms with Crippen molar-refractivity contribution in [3.63, 3.8) is 0 Å². The third-order valence-electron chi connectivity index (χ3n) is 4.08. The number of halogens is 1. The number of rotatable bonds is 4. The molecule has 2 heterocycles. The Labute approximate surface area is 135 Å². The maximum atomic E-state index is 12.9. The van der Waals surface area contributed by atoms with E-state index in [-0.39, 0.29) is 4.90 Å². The summed E-state index contributed by atoms with van der Waals surface area (Å²) < 4.78 is 28.1. The highest BCUT2D eigenvalue weighted by Crippen LogP contribution is 2.30. The van der Waals surface area contributed by atoms with E-state index in [1.54, 1.807) is 16.6 Å². The summed E-state index contributed by atoms with van der Waals surface area (Å²) in [6.45, 7) is 7.99. The van der Waals surface area contributed by atoms with E-state index in [1.165, 1.54) is 0 Å². The quantitative estimate of drug-likeness (QED) is 0.878. The molecule has 2 rings (SSSR count). The normalized spacial score (nSPS) is 24.0. The first-order valence-electron chi connectivity index (χ1n) is 7.25. The molecule has 118 valence electrons. The number of hydrogen-bond acceptors (Lipinski definition) is 4. The molecule has 2 unspecified atom stereocenters. The summed E-state index contributed by atoms with van der Waals surface area (Å²) in [6.07, 6.45) is 2.51. The minimum absolute atomic E-state index is 0.250. The number of anilines is 1. The van der Waals surface area contributed by atoms with Crippen LogP contribution in [-0.2, 0) is 10.0 Å². The molecule has 2 atom stereocenters.